The average Bonchev–Trinajstić information content (AvgIpc) is 3.12. The summed E-state index contributed by atoms with van der Waals surface area (Å²) in [5, 5.41) is 0. The molecule has 21 heavy (non-hydrogen) atoms. The summed E-state index contributed by atoms with van der Waals surface area (Å²) in [6.45, 7) is 7.09. The zero-order valence-electron chi connectivity index (χ0n) is 14.0. The van der Waals surface area contributed by atoms with E-state index in [1.165, 1.54) is 19.4 Å². The lowest BCUT2D eigenvalue weighted by Crippen LogP contribution is -2.53. The predicted octanol–water partition coefficient (Wildman–Crippen LogP) is 3.26. The van der Waals surface area contributed by atoms with Crippen LogP contribution in [0.25, 0.3) is 0 Å². The van der Waals surface area contributed by atoms with E-state index in [1.54, 1.807) is 0 Å². The summed E-state index contributed by atoms with van der Waals surface area (Å²) in [6, 6.07) is 1.44. The Kier molecular flexibility index (Phi) is 3.93. The Bertz CT molecular complexity index is 386. The van der Waals surface area contributed by atoms with E-state index in [-0.39, 0.29) is 6.09 Å². The van der Waals surface area contributed by atoms with Crippen LogP contribution >= 0.6 is 0 Å². The van der Waals surface area contributed by atoms with Gasteiger partial charge in [-0.15, -0.1) is 0 Å². The fourth-order valence-corrected chi connectivity index (χ4v) is 3.98. The van der Waals surface area contributed by atoms with E-state index in [2.05, 4.69) is 11.9 Å². The Morgan fingerprint density at radius 3 is 2.19 bits per heavy atom. The fraction of sp³-hybridized carbons (Fsp3) is 0.941. The Hall–Kier alpha value is -0.770. The lowest BCUT2D eigenvalue weighted by atomic mass is 9.96. The van der Waals surface area contributed by atoms with Gasteiger partial charge in [0.2, 0.25) is 0 Å². The van der Waals surface area contributed by atoms with Crippen LogP contribution in [0.2, 0.25) is 0 Å². The highest BCUT2D eigenvalue weighted by atomic mass is 16.6. The Balaban J connectivity index is 1.59. The first-order valence-electron chi connectivity index (χ1n) is 8.55. The summed E-state index contributed by atoms with van der Waals surface area (Å²) >= 11 is 0. The molecule has 2 unspecified atom stereocenters. The number of nitrogens with zero attached hydrogens (tertiary/aromatic N) is 2. The van der Waals surface area contributed by atoms with E-state index in [4.69, 9.17) is 4.74 Å². The molecule has 0 spiro atoms. The van der Waals surface area contributed by atoms with Crippen molar-refractivity contribution in [1.29, 1.82) is 0 Å². The molecule has 0 N–H and O–H groups in total. The number of rotatable bonds is 3. The van der Waals surface area contributed by atoms with E-state index < -0.39 is 5.60 Å². The van der Waals surface area contributed by atoms with E-state index in [9.17, 15) is 4.79 Å². The number of hydrogen-bond donors (Lipinski definition) is 0. The van der Waals surface area contributed by atoms with Crippen LogP contribution < -0.4 is 0 Å². The number of ether oxygens (including phenoxy) is 1. The molecule has 1 saturated carbocycles. The smallest absolute Gasteiger partial charge is 0.410 e. The summed E-state index contributed by atoms with van der Waals surface area (Å²) < 4.78 is 5.60. The standard InChI is InChI=1S/C17H30N2O2/c1-17(2,3)21-16(20)19-13-7-8-14(19)10-15(9-13)18(4)11-12-5-6-12/h12-15H,5-11H2,1-4H3/t13-,14?,15?/m0/s1. The Morgan fingerprint density at radius 1 is 1.14 bits per heavy atom. The van der Waals surface area contributed by atoms with Crippen molar-refractivity contribution in [2.24, 2.45) is 5.92 Å². The molecule has 0 radical (unpaired) electrons. The highest BCUT2D eigenvalue weighted by Gasteiger charge is 2.45. The van der Waals surface area contributed by atoms with Gasteiger partial charge in [0.15, 0.2) is 0 Å². The first-order chi connectivity index (χ1) is 9.83. The molecule has 3 rings (SSSR count). The molecule has 3 atom stereocenters. The fourth-order valence-electron chi connectivity index (χ4n) is 3.98. The van der Waals surface area contributed by atoms with Gasteiger partial charge in [0.05, 0.1) is 0 Å². The second kappa shape index (κ2) is 5.45. The summed E-state index contributed by atoms with van der Waals surface area (Å²) in [6.07, 6.45) is 7.27. The van der Waals surface area contributed by atoms with Gasteiger partial charge in [-0.2, -0.15) is 0 Å². The van der Waals surface area contributed by atoms with Crippen molar-refractivity contribution in [3.8, 4) is 0 Å². The predicted molar refractivity (Wildman–Crippen MR) is 83.3 cm³/mol. The zero-order chi connectivity index (χ0) is 15.2. The molecule has 0 aromatic rings. The lowest BCUT2D eigenvalue weighted by molar-refractivity contribution is -0.00247. The first kappa shape index (κ1) is 15.1. The van der Waals surface area contributed by atoms with Crippen LogP contribution in [0.5, 0.6) is 0 Å². The van der Waals surface area contributed by atoms with Gasteiger partial charge in [-0.25, -0.2) is 4.79 Å². The summed E-state index contributed by atoms with van der Waals surface area (Å²) in [5.74, 6) is 0.941. The van der Waals surface area contributed by atoms with Crippen LogP contribution in [0.1, 0.15) is 59.3 Å². The van der Waals surface area contributed by atoms with E-state index in [1.807, 2.05) is 25.7 Å². The third kappa shape index (κ3) is 3.53. The molecule has 4 heteroatoms. The molecular weight excluding hydrogens is 264 g/mol. The van der Waals surface area contributed by atoms with Crippen molar-refractivity contribution in [2.75, 3.05) is 13.6 Å². The van der Waals surface area contributed by atoms with E-state index in [0.717, 1.165) is 31.6 Å². The van der Waals surface area contributed by atoms with Crippen LogP contribution in [0.3, 0.4) is 0 Å². The van der Waals surface area contributed by atoms with Crippen molar-refractivity contribution in [1.82, 2.24) is 9.80 Å². The minimum atomic E-state index is -0.393. The van der Waals surface area contributed by atoms with Crippen molar-refractivity contribution in [2.45, 2.75) is 83.0 Å². The number of fused-ring (bicyclic) bond motifs is 2. The first-order valence-corrected chi connectivity index (χ1v) is 8.55. The van der Waals surface area contributed by atoms with Gasteiger partial charge in [-0.05, 0) is 72.3 Å². The Labute approximate surface area is 128 Å². The van der Waals surface area contributed by atoms with Gasteiger partial charge in [-0.3, -0.25) is 0 Å². The molecule has 120 valence electrons. The molecular formula is C17H30N2O2. The largest absolute Gasteiger partial charge is 0.444 e. The topological polar surface area (TPSA) is 32.8 Å². The molecule has 2 heterocycles. The second-order valence-electron chi connectivity index (χ2n) is 8.28. The minimum Gasteiger partial charge on any atom is -0.444 e. The lowest BCUT2D eigenvalue weighted by Gasteiger charge is -2.42. The van der Waals surface area contributed by atoms with Crippen molar-refractivity contribution in [3.05, 3.63) is 0 Å². The summed E-state index contributed by atoms with van der Waals surface area (Å²) in [7, 11) is 2.27. The molecule has 4 nitrogen and oxygen atoms in total. The van der Waals surface area contributed by atoms with Crippen LogP contribution in [-0.4, -0.2) is 53.2 Å². The number of carbonyl (C=O) groups excluding carboxylic acids is 1. The molecule has 0 aromatic carbocycles. The van der Waals surface area contributed by atoms with Crippen molar-refractivity contribution < 1.29 is 9.53 Å². The molecule has 1 amide bonds. The van der Waals surface area contributed by atoms with Gasteiger partial charge >= 0.3 is 6.09 Å². The Morgan fingerprint density at radius 2 is 1.71 bits per heavy atom. The second-order valence-corrected chi connectivity index (χ2v) is 8.28. The third-order valence-electron chi connectivity index (χ3n) is 5.18. The van der Waals surface area contributed by atoms with Gasteiger partial charge in [0.1, 0.15) is 5.60 Å². The maximum Gasteiger partial charge on any atom is 0.410 e. The molecule has 2 bridgehead atoms. The molecule has 2 saturated heterocycles. The number of hydrogen-bond acceptors (Lipinski definition) is 3. The maximum atomic E-state index is 12.4. The zero-order valence-corrected chi connectivity index (χ0v) is 14.0. The van der Waals surface area contributed by atoms with Crippen LogP contribution in [-0.2, 0) is 4.74 Å². The quantitative estimate of drug-likeness (QED) is 0.801. The maximum absolute atomic E-state index is 12.4. The average molecular weight is 294 g/mol. The summed E-state index contributed by atoms with van der Waals surface area (Å²) in [4.78, 5) is 17.0. The number of amides is 1. The molecule has 2 aliphatic heterocycles. The van der Waals surface area contributed by atoms with Gasteiger partial charge < -0.3 is 14.5 Å². The molecule has 3 aliphatic rings. The number of piperidine rings is 1. The van der Waals surface area contributed by atoms with E-state index >= 15 is 0 Å². The van der Waals surface area contributed by atoms with Gasteiger partial charge in [0, 0.05) is 24.7 Å². The molecule has 1 aliphatic carbocycles. The SMILES string of the molecule is CN(CC1CC1)C1CC2CC[C@@H](C1)N2C(=O)OC(C)(C)C. The molecule has 3 fully saturated rings. The summed E-state index contributed by atoms with van der Waals surface area (Å²) in [5.41, 5.74) is -0.393. The molecule has 0 aromatic heterocycles. The highest BCUT2D eigenvalue weighted by Crippen LogP contribution is 2.39. The van der Waals surface area contributed by atoms with Crippen LogP contribution in [0, 0.1) is 5.92 Å². The van der Waals surface area contributed by atoms with Crippen molar-refractivity contribution in [3.63, 3.8) is 0 Å². The number of carbonyl (C=O) groups is 1. The monoisotopic (exact) mass is 294 g/mol. The van der Waals surface area contributed by atoms with Crippen LogP contribution in [0.15, 0.2) is 0 Å². The van der Waals surface area contributed by atoms with Gasteiger partial charge in [-0.1, -0.05) is 0 Å². The third-order valence-corrected chi connectivity index (χ3v) is 5.18. The van der Waals surface area contributed by atoms with Gasteiger partial charge in [0.25, 0.3) is 0 Å². The minimum absolute atomic E-state index is 0.0988. The normalized spacial score (nSPS) is 32.6. The van der Waals surface area contributed by atoms with Crippen molar-refractivity contribution >= 4 is 6.09 Å². The highest BCUT2D eigenvalue weighted by molar-refractivity contribution is 5.69. The van der Waals surface area contributed by atoms with E-state index in [0.29, 0.717) is 18.1 Å². The van der Waals surface area contributed by atoms with Crippen LogP contribution in [0.4, 0.5) is 4.79 Å².